The van der Waals surface area contributed by atoms with Gasteiger partial charge in [0.25, 0.3) is 0 Å². The van der Waals surface area contributed by atoms with E-state index in [1.807, 2.05) is 0 Å². The van der Waals surface area contributed by atoms with E-state index in [0.717, 1.165) is 19.6 Å². The van der Waals surface area contributed by atoms with E-state index in [1.165, 1.54) is 22.3 Å². The molecular weight excluding hydrogens is 256 g/mol. The monoisotopic (exact) mass is 288 g/mol. The van der Waals surface area contributed by atoms with E-state index in [1.54, 1.807) is 0 Å². The fourth-order valence-electron chi connectivity index (χ4n) is 3.34. The first-order valence-electron chi connectivity index (χ1n) is 8.27. The average molecular weight is 288 g/mol. The quantitative estimate of drug-likeness (QED) is 0.891. The molecule has 0 amide bonds. The van der Waals surface area contributed by atoms with Crippen molar-refractivity contribution in [2.45, 2.75) is 72.5 Å². The highest BCUT2D eigenvalue weighted by Gasteiger charge is 2.25. The summed E-state index contributed by atoms with van der Waals surface area (Å²) in [5.74, 6) is 0. The second kappa shape index (κ2) is 6.10. The van der Waals surface area contributed by atoms with Gasteiger partial charge in [0, 0.05) is 31.7 Å². The Balaban J connectivity index is 2.28. The lowest BCUT2D eigenvalue weighted by molar-refractivity contribution is 0.108. The fraction of sp³-hybridized carbons (Fsp3) is 0.684. The van der Waals surface area contributed by atoms with Gasteiger partial charge < -0.3 is 5.32 Å². The zero-order valence-corrected chi connectivity index (χ0v) is 14.9. The van der Waals surface area contributed by atoms with Crippen LogP contribution in [0.3, 0.4) is 0 Å². The molecule has 1 aromatic rings. The first-order chi connectivity index (χ1) is 9.70. The predicted octanol–water partition coefficient (Wildman–Crippen LogP) is 3.78. The molecule has 0 bridgehead atoms. The fourth-order valence-corrected chi connectivity index (χ4v) is 3.34. The second-order valence-electron chi connectivity index (χ2n) is 7.87. The highest BCUT2D eigenvalue weighted by atomic mass is 15.2. The maximum Gasteiger partial charge on any atom is 0.0245 e. The summed E-state index contributed by atoms with van der Waals surface area (Å²) in [6.07, 6.45) is 0. The van der Waals surface area contributed by atoms with Crippen molar-refractivity contribution in [3.63, 3.8) is 0 Å². The molecule has 2 atom stereocenters. The van der Waals surface area contributed by atoms with Crippen LogP contribution in [0.1, 0.15) is 56.9 Å². The van der Waals surface area contributed by atoms with Crippen LogP contribution in [0.25, 0.3) is 0 Å². The smallest absolute Gasteiger partial charge is 0.0245 e. The van der Waals surface area contributed by atoms with Gasteiger partial charge in [0.15, 0.2) is 0 Å². The van der Waals surface area contributed by atoms with E-state index < -0.39 is 0 Å². The van der Waals surface area contributed by atoms with Gasteiger partial charge in [-0.05, 0) is 55.4 Å². The van der Waals surface area contributed by atoms with Gasteiger partial charge in [-0.2, -0.15) is 0 Å². The van der Waals surface area contributed by atoms with Crippen LogP contribution < -0.4 is 5.32 Å². The van der Waals surface area contributed by atoms with Crippen molar-refractivity contribution >= 4 is 0 Å². The SMILES string of the molecule is Cc1cc(C(C)(C)C)cc(C)c1CN1C(C)CNCC1C. The Labute approximate surface area is 130 Å². The van der Waals surface area contributed by atoms with E-state index in [2.05, 4.69) is 70.8 Å². The van der Waals surface area contributed by atoms with Crippen LogP contribution in [-0.2, 0) is 12.0 Å². The van der Waals surface area contributed by atoms with Gasteiger partial charge in [0.2, 0.25) is 0 Å². The van der Waals surface area contributed by atoms with Crippen molar-refractivity contribution in [2.24, 2.45) is 0 Å². The number of piperazine rings is 1. The number of aryl methyl sites for hydroxylation is 2. The molecule has 1 aromatic carbocycles. The number of benzene rings is 1. The molecule has 1 N–H and O–H groups in total. The molecule has 0 radical (unpaired) electrons. The lowest BCUT2D eigenvalue weighted by atomic mass is 9.83. The van der Waals surface area contributed by atoms with Crippen LogP contribution in [0.5, 0.6) is 0 Å². The predicted molar refractivity (Wildman–Crippen MR) is 92.0 cm³/mol. The van der Waals surface area contributed by atoms with Gasteiger partial charge in [0.05, 0.1) is 0 Å². The Morgan fingerprint density at radius 1 is 1.05 bits per heavy atom. The molecule has 2 heteroatoms. The average Bonchev–Trinajstić information content (AvgIpc) is 2.35. The molecule has 21 heavy (non-hydrogen) atoms. The summed E-state index contributed by atoms with van der Waals surface area (Å²) in [6, 6.07) is 5.99. The van der Waals surface area contributed by atoms with Crippen LogP contribution in [0.4, 0.5) is 0 Å². The maximum atomic E-state index is 3.52. The first-order valence-corrected chi connectivity index (χ1v) is 8.27. The normalized spacial score (nSPS) is 24.3. The Morgan fingerprint density at radius 2 is 1.52 bits per heavy atom. The van der Waals surface area contributed by atoms with Gasteiger partial charge >= 0.3 is 0 Å². The van der Waals surface area contributed by atoms with Crippen LogP contribution in [0.2, 0.25) is 0 Å². The molecule has 0 saturated carbocycles. The highest BCUT2D eigenvalue weighted by molar-refractivity contribution is 5.40. The lowest BCUT2D eigenvalue weighted by Crippen LogP contribution is -2.54. The molecule has 2 nitrogen and oxygen atoms in total. The van der Waals surface area contributed by atoms with Crippen molar-refractivity contribution in [1.82, 2.24) is 10.2 Å². The molecule has 0 spiro atoms. The third kappa shape index (κ3) is 3.67. The minimum absolute atomic E-state index is 0.226. The van der Waals surface area contributed by atoms with Gasteiger partial charge in [-0.1, -0.05) is 32.9 Å². The van der Waals surface area contributed by atoms with Gasteiger partial charge in [-0.25, -0.2) is 0 Å². The molecule has 0 aromatic heterocycles. The molecule has 1 saturated heterocycles. The zero-order chi connectivity index (χ0) is 15.8. The number of nitrogens with zero attached hydrogens (tertiary/aromatic N) is 1. The summed E-state index contributed by atoms with van der Waals surface area (Å²) in [5, 5.41) is 3.52. The molecule has 1 aliphatic heterocycles. The van der Waals surface area contributed by atoms with Gasteiger partial charge in [-0.15, -0.1) is 0 Å². The minimum Gasteiger partial charge on any atom is -0.314 e. The van der Waals surface area contributed by atoms with E-state index in [0.29, 0.717) is 12.1 Å². The topological polar surface area (TPSA) is 15.3 Å². The zero-order valence-electron chi connectivity index (χ0n) is 14.9. The molecule has 1 fully saturated rings. The molecule has 118 valence electrons. The Bertz CT molecular complexity index is 466. The molecular formula is C19H32N2. The summed E-state index contributed by atoms with van der Waals surface area (Å²) >= 11 is 0. The van der Waals surface area contributed by atoms with Crippen molar-refractivity contribution in [1.29, 1.82) is 0 Å². The molecule has 1 heterocycles. The number of rotatable bonds is 2. The number of hydrogen-bond donors (Lipinski definition) is 1. The third-order valence-corrected chi connectivity index (χ3v) is 4.91. The van der Waals surface area contributed by atoms with E-state index in [-0.39, 0.29) is 5.41 Å². The Morgan fingerprint density at radius 3 is 1.95 bits per heavy atom. The van der Waals surface area contributed by atoms with Crippen LogP contribution in [0, 0.1) is 13.8 Å². The third-order valence-electron chi connectivity index (χ3n) is 4.91. The summed E-state index contributed by atoms with van der Waals surface area (Å²) in [6.45, 7) is 19.4. The Kier molecular flexibility index (Phi) is 4.79. The standard InChI is InChI=1S/C19H32N2/c1-13-8-17(19(5,6)7)9-14(2)18(13)12-21-15(3)10-20-11-16(21)4/h8-9,15-16,20H,10-12H2,1-7H3. The van der Waals surface area contributed by atoms with E-state index >= 15 is 0 Å². The van der Waals surface area contributed by atoms with Crippen molar-refractivity contribution < 1.29 is 0 Å². The van der Waals surface area contributed by atoms with Gasteiger partial charge in [-0.3, -0.25) is 4.90 Å². The largest absolute Gasteiger partial charge is 0.314 e. The highest BCUT2D eigenvalue weighted by Crippen LogP contribution is 2.28. The maximum absolute atomic E-state index is 3.52. The molecule has 0 aliphatic carbocycles. The molecule has 2 rings (SSSR count). The van der Waals surface area contributed by atoms with E-state index in [4.69, 9.17) is 0 Å². The summed E-state index contributed by atoms with van der Waals surface area (Å²) in [7, 11) is 0. The van der Waals surface area contributed by atoms with Gasteiger partial charge in [0.1, 0.15) is 0 Å². The van der Waals surface area contributed by atoms with Crippen LogP contribution in [-0.4, -0.2) is 30.1 Å². The van der Waals surface area contributed by atoms with Crippen LogP contribution >= 0.6 is 0 Å². The molecule has 2 unspecified atom stereocenters. The summed E-state index contributed by atoms with van der Waals surface area (Å²) in [4.78, 5) is 2.64. The Hall–Kier alpha value is -0.860. The minimum atomic E-state index is 0.226. The second-order valence-corrected chi connectivity index (χ2v) is 7.87. The number of nitrogens with one attached hydrogen (secondary N) is 1. The summed E-state index contributed by atoms with van der Waals surface area (Å²) < 4.78 is 0. The van der Waals surface area contributed by atoms with Crippen LogP contribution in [0.15, 0.2) is 12.1 Å². The van der Waals surface area contributed by atoms with Crippen molar-refractivity contribution in [3.8, 4) is 0 Å². The lowest BCUT2D eigenvalue weighted by Gasteiger charge is -2.40. The van der Waals surface area contributed by atoms with Crippen molar-refractivity contribution in [3.05, 3.63) is 34.4 Å². The van der Waals surface area contributed by atoms with Crippen molar-refractivity contribution in [2.75, 3.05) is 13.1 Å². The number of hydrogen-bond acceptors (Lipinski definition) is 2. The van der Waals surface area contributed by atoms with E-state index in [9.17, 15) is 0 Å². The summed E-state index contributed by atoms with van der Waals surface area (Å²) in [5.41, 5.74) is 6.07. The first kappa shape index (κ1) is 16.5. The molecule has 1 aliphatic rings.